The number of nitrogens with zero attached hydrogens (tertiary/aromatic N) is 1. The molecule has 2 aromatic carbocycles. The number of carbonyl (C=O) groups is 1. The van der Waals surface area contributed by atoms with Gasteiger partial charge in [-0.05, 0) is 68.5 Å². The van der Waals surface area contributed by atoms with E-state index in [1.807, 2.05) is 4.90 Å². The van der Waals surface area contributed by atoms with Crippen LogP contribution in [0.15, 0.2) is 41.3 Å². The van der Waals surface area contributed by atoms with Crippen LogP contribution in [0.3, 0.4) is 0 Å². The van der Waals surface area contributed by atoms with E-state index < -0.39 is 27.7 Å². The molecule has 0 aromatic heterocycles. The number of rotatable bonds is 6. The molecule has 4 rings (SSSR count). The number of halogens is 3. The predicted octanol–water partition coefficient (Wildman–Crippen LogP) is 4.31. The molecule has 32 heavy (non-hydrogen) atoms. The summed E-state index contributed by atoms with van der Waals surface area (Å²) in [5, 5.41) is 2.59. The summed E-state index contributed by atoms with van der Waals surface area (Å²) in [5.41, 5.74) is 0.310. The van der Waals surface area contributed by atoms with Crippen LogP contribution >= 0.6 is 0 Å². The number of carbonyl (C=O) groups excluding carboxylic acids is 1. The molecule has 0 unspecified atom stereocenters. The summed E-state index contributed by atoms with van der Waals surface area (Å²) < 4.78 is 67.5. The zero-order valence-corrected chi connectivity index (χ0v) is 18.3. The topological polar surface area (TPSA) is 78.5 Å². The lowest BCUT2D eigenvalue weighted by Crippen LogP contribution is -2.26. The van der Waals surface area contributed by atoms with Crippen LogP contribution in [0.4, 0.5) is 24.5 Å². The predicted molar refractivity (Wildman–Crippen MR) is 115 cm³/mol. The summed E-state index contributed by atoms with van der Waals surface area (Å²) in [6.07, 6.45) is -1.18. The van der Waals surface area contributed by atoms with E-state index in [4.69, 9.17) is 0 Å². The Balaban J connectivity index is 1.66. The molecule has 0 radical (unpaired) electrons. The van der Waals surface area contributed by atoms with Crippen molar-refractivity contribution >= 4 is 27.3 Å². The molecule has 1 aliphatic heterocycles. The molecule has 2 fully saturated rings. The second kappa shape index (κ2) is 8.40. The fourth-order valence-corrected chi connectivity index (χ4v) is 5.07. The molecule has 1 amide bonds. The van der Waals surface area contributed by atoms with Gasteiger partial charge in [-0.1, -0.05) is 6.07 Å². The first-order valence-electron chi connectivity index (χ1n) is 10.4. The fraction of sp³-hybridized carbons (Fsp3) is 0.409. The summed E-state index contributed by atoms with van der Waals surface area (Å²) in [5.74, 6) is -0.661. The van der Waals surface area contributed by atoms with Gasteiger partial charge in [-0.2, -0.15) is 13.2 Å². The van der Waals surface area contributed by atoms with Gasteiger partial charge in [-0.25, -0.2) is 13.1 Å². The van der Waals surface area contributed by atoms with Gasteiger partial charge in [-0.3, -0.25) is 4.79 Å². The Kier molecular flexibility index (Phi) is 5.93. The van der Waals surface area contributed by atoms with Crippen LogP contribution in [-0.2, 0) is 16.2 Å². The van der Waals surface area contributed by atoms with Crippen molar-refractivity contribution in [2.45, 2.75) is 49.7 Å². The van der Waals surface area contributed by atoms with E-state index in [2.05, 4.69) is 10.0 Å². The molecule has 10 heteroatoms. The number of benzene rings is 2. The summed E-state index contributed by atoms with van der Waals surface area (Å²) in [6.45, 7) is 3.02. The summed E-state index contributed by atoms with van der Waals surface area (Å²) in [4.78, 5) is 14.9. The van der Waals surface area contributed by atoms with E-state index in [1.54, 1.807) is 6.92 Å². The number of hydrogen-bond donors (Lipinski definition) is 2. The third kappa shape index (κ3) is 4.91. The molecule has 6 nitrogen and oxygen atoms in total. The second-order valence-electron chi connectivity index (χ2n) is 8.25. The Morgan fingerprint density at radius 3 is 2.38 bits per heavy atom. The molecule has 1 saturated heterocycles. The van der Waals surface area contributed by atoms with E-state index in [-0.39, 0.29) is 22.2 Å². The van der Waals surface area contributed by atoms with E-state index in [9.17, 15) is 26.4 Å². The van der Waals surface area contributed by atoms with Gasteiger partial charge < -0.3 is 10.2 Å². The van der Waals surface area contributed by atoms with Crippen molar-refractivity contribution in [2.24, 2.45) is 0 Å². The van der Waals surface area contributed by atoms with Gasteiger partial charge in [0.15, 0.2) is 0 Å². The normalized spacial score (nSPS) is 16.9. The van der Waals surface area contributed by atoms with Crippen molar-refractivity contribution in [1.82, 2.24) is 4.72 Å². The molecule has 0 spiro atoms. The van der Waals surface area contributed by atoms with Gasteiger partial charge in [0.1, 0.15) is 0 Å². The number of anilines is 2. The average molecular weight is 468 g/mol. The molecular weight excluding hydrogens is 443 g/mol. The van der Waals surface area contributed by atoms with Crippen LogP contribution in [0, 0.1) is 6.92 Å². The maximum absolute atomic E-state index is 13.3. The number of aryl methyl sites for hydroxylation is 1. The Labute approximate surface area is 184 Å². The van der Waals surface area contributed by atoms with Gasteiger partial charge in [0.2, 0.25) is 10.0 Å². The lowest BCUT2D eigenvalue weighted by atomic mass is 10.1. The molecule has 1 aliphatic carbocycles. The summed E-state index contributed by atoms with van der Waals surface area (Å²) in [6, 6.07) is 7.41. The van der Waals surface area contributed by atoms with E-state index >= 15 is 0 Å². The Morgan fingerprint density at radius 1 is 1.06 bits per heavy atom. The smallest absolute Gasteiger partial charge is 0.370 e. The first-order chi connectivity index (χ1) is 15.0. The quantitative estimate of drug-likeness (QED) is 0.664. The van der Waals surface area contributed by atoms with E-state index in [1.165, 1.54) is 24.3 Å². The van der Waals surface area contributed by atoms with Crippen molar-refractivity contribution in [1.29, 1.82) is 0 Å². The number of sulfonamides is 1. The lowest BCUT2D eigenvalue weighted by Gasteiger charge is -2.23. The minimum Gasteiger partial charge on any atom is -0.370 e. The van der Waals surface area contributed by atoms with Gasteiger partial charge in [0.05, 0.1) is 21.8 Å². The minimum atomic E-state index is -4.55. The molecule has 172 valence electrons. The molecule has 1 heterocycles. The van der Waals surface area contributed by atoms with Crippen LogP contribution in [-0.4, -0.2) is 33.5 Å². The molecule has 0 bridgehead atoms. The van der Waals surface area contributed by atoms with Gasteiger partial charge in [0, 0.05) is 24.7 Å². The Bertz CT molecular complexity index is 1140. The highest BCUT2D eigenvalue weighted by Crippen LogP contribution is 2.37. The van der Waals surface area contributed by atoms with Crippen molar-refractivity contribution in [3.05, 3.63) is 53.1 Å². The maximum atomic E-state index is 13.3. The standard InChI is InChI=1S/C22H24F3N3O3S/c1-14-4-8-17(32(30,31)27-16-6-7-16)13-18(14)21(29)26-19-12-15(22(23,24)25)5-9-20(19)28-10-2-3-11-28/h4-5,8-9,12-13,16,27H,2-3,6-7,10-11H2,1H3,(H,26,29). The number of hydrogen-bond acceptors (Lipinski definition) is 4. The summed E-state index contributed by atoms with van der Waals surface area (Å²) in [7, 11) is -3.78. The number of alkyl halides is 3. The lowest BCUT2D eigenvalue weighted by molar-refractivity contribution is -0.137. The highest BCUT2D eigenvalue weighted by molar-refractivity contribution is 7.89. The van der Waals surface area contributed by atoms with Crippen LogP contribution < -0.4 is 14.9 Å². The SMILES string of the molecule is Cc1ccc(S(=O)(=O)NC2CC2)cc1C(=O)Nc1cc(C(F)(F)F)ccc1N1CCCC1. The third-order valence-corrected chi connectivity index (χ3v) is 7.20. The monoisotopic (exact) mass is 467 g/mol. The van der Waals surface area contributed by atoms with Crippen molar-refractivity contribution in [3.8, 4) is 0 Å². The zero-order valence-electron chi connectivity index (χ0n) is 17.5. The van der Waals surface area contributed by atoms with Crippen LogP contribution in [0.25, 0.3) is 0 Å². The highest BCUT2D eigenvalue weighted by atomic mass is 32.2. The average Bonchev–Trinajstić information content (AvgIpc) is 3.35. The molecule has 0 atom stereocenters. The summed E-state index contributed by atoms with van der Waals surface area (Å²) >= 11 is 0. The molecule has 2 aromatic rings. The van der Waals surface area contributed by atoms with Crippen LogP contribution in [0.2, 0.25) is 0 Å². The van der Waals surface area contributed by atoms with Crippen LogP contribution in [0.1, 0.15) is 47.2 Å². The fourth-order valence-electron chi connectivity index (χ4n) is 3.74. The highest BCUT2D eigenvalue weighted by Gasteiger charge is 2.32. The van der Waals surface area contributed by atoms with Crippen molar-refractivity contribution in [2.75, 3.05) is 23.3 Å². The van der Waals surface area contributed by atoms with Crippen molar-refractivity contribution in [3.63, 3.8) is 0 Å². The van der Waals surface area contributed by atoms with Crippen molar-refractivity contribution < 1.29 is 26.4 Å². The third-order valence-electron chi connectivity index (χ3n) is 5.68. The van der Waals surface area contributed by atoms with Gasteiger partial charge in [-0.15, -0.1) is 0 Å². The first-order valence-corrected chi connectivity index (χ1v) is 11.9. The zero-order chi connectivity index (χ0) is 23.1. The molecule has 2 N–H and O–H groups in total. The molecule has 1 saturated carbocycles. The largest absolute Gasteiger partial charge is 0.416 e. The Hall–Kier alpha value is -2.59. The number of amides is 1. The minimum absolute atomic E-state index is 0.0514. The number of nitrogens with one attached hydrogen (secondary N) is 2. The van der Waals surface area contributed by atoms with E-state index in [0.29, 0.717) is 24.3 Å². The van der Waals surface area contributed by atoms with Gasteiger partial charge >= 0.3 is 6.18 Å². The maximum Gasteiger partial charge on any atom is 0.416 e. The van der Waals surface area contributed by atoms with E-state index in [0.717, 1.165) is 37.8 Å². The van der Waals surface area contributed by atoms with Gasteiger partial charge in [0.25, 0.3) is 5.91 Å². The second-order valence-corrected chi connectivity index (χ2v) is 9.96. The molecular formula is C22H24F3N3O3S. The van der Waals surface area contributed by atoms with Crippen LogP contribution in [0.5, 0.6) is 0 Å². The Morgan fingerprint density at radius 2 is 1.75 bits per heavy atom. The molecule has 2 aliphatic rings. The first kappa shape index (κ1) is 22.6.